The van der Waals surface area contributed by atoms with E-state index in [9.17, 15) is 19.5 Å². The maximum atomic E-state index is 12.9. The van der Waals surface area contributed by atoms with E-state index in [1.807, 2.05) is 12.1 Å². The molecule has 1 saturated heterocycles. The fourth-order valence-corrected chi connectivity index (χ4v) is 3.28. The van der Waals surface area contributed by atoms with Gasteiger partial charge in [-0.25, -0.2) is 0 Å². The molecule has 3 rings (SSSR count). The first-order valence-corrected chi connectivity index (χ1v) is 8.80. The number of benzene rings is 1. The molecule has 27 heavy (non-hydrogen) atoms. The number of piperazine rings is 1. The van der Waals surface area contributed by atoms with Crippen LogP contribution < -0.4 is 0 Å². The molecule has 0 aliphatic carbocycles. The highest BCUT2D eigenvalue weighted by Gasteiger charge is 2.39. The van der Waals surface area contributed by atoms with Crippen LogP contribution in [0, 0.1) is 0 Å². The van der Waals surface area contributed by atoms with E-state index in [0.29, 0.717) is 17.1 Å². The molecule has 2 amide bonds. The molecule has 1 aromatic carbocycles. The van der Waals surface area contributed by atoms with Crippen molar-refractivity contribution in [2.75, 3.05) is 13.1 Å². The molecule has 2 aromatic rings. The number of carboxylic acids is 1. The molecule has 1 N–H and O–H groups in total. The third kappa shape index (κ3) is 4.25. The predicted molar refractivity (Wildman–Crippen MR) is 98.2 cm³/mol. The zero-order chi connectivity index (χ0) is 19.4. The van der Waals surface area contributed by atoms with E-state index >= 15 is 0 Å². The van der Waals surface area contributed by atoms with Gasteiger partial charge in [0.1, 0.15) is 6.04 Å². The Labute approximate surface area is 161 Å². The van der Waals surface area contributed by atoms with Crippen molar-refractivity contribution in [3.8, 4) is 0 Å². The van der Waals surface area contributed by atoms with Gasteiger partial charge in [0, 0.05) is 37.1 Å². The van der Waals surface area contributed by atoms with Crippen LogP contribution in [0.15, 0.2) is 48.8 Å². The summed E-state index contributed by atoms with van der Waals surface area (Å²) in [6, 6.07) is 9.32. The Kier molecular flexibility index (Phi) is 5.71. The molecule has 140 valence electrons. The second-order valence-corrected chi connectivity index (χ2v) is 6.61. The Hall–Kier alpha value is -2.93. The summed E-state index contributed by atoms with van der Waals surface area (Å²) < 4.78 is 0. The Morgan fingerprint density at radius 2 is 1.96 bits per heavy atom. The molecule has 1 fully saturated rings. The van der Waals surface area contributed by atoms with Gasteiger partial charge >= 0.3 is 5.97 Å². The second kappa shape index (κ2) is 8.18. The number of carboxylic acid groups (broad SMARTS) is 1. The average molecular weight is 388 g/mol. The molecule has 8 heteroatoms. The summed E-state index contributed by atoms with van der Waals surface area (Å²) in [6.07, 6.45) is 2.49. The van der Waals surface area contributed by atoms with Gasteiger partial charge in [0.15, 0.2) is 0 Å². The first-order chi connectivity index (χ1) is 13.0. The van der Waals surface area contributed by atoms with Gasteiger partial charge in [-0.2, -0.15) is 0 Å². The molecule has 1 atom stereocenters. The van der Waals surface area contributed by atoms with Gasteiger partial charge in [-0.3, -0.25) is 19.4 Å². The highest BCUT2D eigenvalue weighted by molar-refractivity contribution is 6.31. The zero-order valence-corrected chi connectivity index (χ0v) is 15.2. The lowest BCUT2D eigenvalue weighted by atomic mass is 10.0. The summed E-state index contributed by atoms with van der Waals surface area (Å²) in [4.78, 5) is 43.8. The highest BCUT2D eigenvalue weighted by Crippen LogP contribution is 2.22. The summed E-state index contributed by atoms with van der Waals surface area (Å²) in [7, 11) is 0. The Morgan fingerprint density at radius 3 is 2.63 bits per heavy atom. The van der Waals surface area contributed by atoms with E-state index < -0.39 is 30.2 Å². The number of carbonyl (C=O) groups excluding carboxylic acids is 2. The van der Waals surface area contributed by atoms with E-state index in [4.69, 9.17) is 11.6 Å². The molecule has 0 radical (unpaired) electrons. The normalized spacial score (nSPS) is 17.1. The van der Waals surface area contributed by atoms with Gasteiger partial charge in [0.2, 0.25) is 5.91 Å². The largest absolute Gasteiger partial charge is 0.481 e. The quantitative estimate of drug-likeness (QED) is 0.848. The SMILES string of the molecule is O=C(O)CC1C(=O)N(Cc2ccccc2Cl)CCN1C(=O)c1cccnc1. The number of carbonyl (C=O) groups is 3. The molecule has 7 nitrogen and oxygen atoms in total. The third-order valence-corrected chi connectivity index (χ3v) is 4.81. The number of nitrogens with zero attached hydrogens (tertiary/aromatic N) is 3. The number of aromatic nitrogens is 1. The fourth-order valence-electron chi connectivity index (χ4n) is 3.09. The maximum absolute atomic E-state index is 12.9. The molecule has 1 aliphatic rings. The van der Waals surface area contributed by atoms with Crippen LogP contribution in [0.25, 0.3) is 0 Å². The number of hydrogen-bond acceptors (Lipinski definition) is 4. The fraction of sp³-hybridized carbons (Fsp3) is 0.263. The van der Waals surface area contributed by atoms with Crippen molar-refractivity contribution in [2.45, 2.75) is 19.0 Å². The smallest absolute Gasteiger partial charge is 0.305 e. The van der Waals surface area contributed by atoms with Crippen LogP contribution in [0.1, 0.15) is 22.3 Å². The lowest BCUT2D eigenvalue weighted by Crippen LogP contribution is -2.59. The molecule has 2 heterocycles. The first-order valence-electron chi connectivity index (χ1n) is 8.42. The van der Waals surface area contributed by atoms with Crippen LogP contribution in [0.3, 0.4) is 0 Å². The van der Waals surface area contributed by atoms with Gasteiger partial charge in [0.05, 0.1) is 12.0 Å². The zero-order valence-electron chi connectivity index (χ0n) is 14.4. The minimum absolute atomic E-state index is 0.238. The lowest BCUT2D eigenvalue weighted by molar-refractivity contribution is -0.148. The van der Waals surface area contributed by atoms with Crippen molar-refractivity contribution >= 4 is 29.4 Å². The minimum atomic E-state index is -1.14. The summed E-state index contributed by atoms with van der Waals surface area (Å²) in [5.74, 6) is -1.95. The van der Waals surface area contributed by atoms with E-state index in [-0.39, 0.29) is 13.1 Å². The Bertz CT molecular complexity index is 859. The van der Waals surface area contributed by atoms with Crippen molar-refractivity contribution in [1.82, 2.24) is 14.8 Å². The summed E-state index contributed by atoms with van der Waals surface area (Å²) in [5.41, 5.74) is 1.09. The van der Waals surface area contributed by atoms with Crippen molar-refractivity contribution in [3.63, 3.8) is 0 Å². The van der Waals surface area contributed by atoms with Gasteiger partial charge in [-0.05, 0) is 23.8 Å². The van der Waals surface area contributed by atoms with Crippen LogP contribution in [-0.2, 0) is 16.1 Å². The standard InChI is InChI=1S/C19H18ClN3O4/c20-15-6-2-1-4-14(15)12-22-8-9-23(16(19(22)27)10-17(24)25)18(26)13-5-3-7-21-11-13/h1-7,11,16H,8-10,12H2,(H,24,25). The van der Waals surface area contributed by atoms with E-state index in [1.165, 1.54) is 17.3 Å². The maximum Gasteiger partial charge on any atom is 0.305 e. The highest BCUT2D eigenvalue weighted by atomic mass is 35.5. The molecular weight excluding hydrogens is 370 g/mol. The monoisotopic (exact) mass is 387 g/mol. The Morgan fingerprint density at radius 1 is 1.19 bits per heavy atom. The van der Waals surface area contributed by atoms with Crippen molar-refractivity contribution in [1.29, 1.82) is 0 Å². The molecule has 1 aliphatic heterocycles. The van der Waals surface area contributed by atoms with Crippen LogP contribution in [-0.4, -0.2) is 56.8 Å². The van der Waals surface area contributed by atoms with Gasteiger partial charge in [-0.15, -0.1) is 0 Å². The summed E-state index contributed by atoms with van der Waals surface area (Å²) in [6.45, 7) is 0.803. The molecule has 0 bridgehead atoms. The van der Waals surface area contributed by atoms with E-state index in [2.05, 4.69) is 4.98 Å². The molecule has 1 aromatic heterocycles. The molecule has 1 unspecified atom stereocenters. The minimum Gasteiger partial charge on any atom is -0.481 e. The summed E-state index contributed by atoms with van der Waals surface area (Å²) in [5, 5.41) is 9.77. The van der Waals surface area contributed by atoms with E-state index in [0.717, 1.165) is 5.56 Å². The second-order valence-electron chi connectivity index (χ2n) is 6.21. The first kappa shape index (κ1) is 18.8. The van der Waals surface area contributed by atoms with Crippen LogP contribution in [0.5, 0.6) is 0 Å². The topological polar surface area (TPSA) is 90.8 Å². The van der Waals surface area contributed by atoms with E-state index in [1.54, 1.807) is 29.2 Å². The van der Waals surface area contributed by atoms with Crippen LogP contribution in [0.4, 0.5) is 0 Å². The van der Waals surface area contributed by atoms with Gasteiger partial charge in [0.25, 0.3) is 5.91 Å². The average Bonchev–Trinajstić information content (AvgIpc) is 2.66. The van der Waals surface area contributed by atoms with Crippen molar-refractivity contribution in [2.24, 2.45) is 0 Å². The van der Waals surface area contributed by atoms with Crippen molar-refractivity contribution < 1.29 is 19.5 Å². The number of halogens is 1. The Balaban J connectivity index is 1.82. The van der Waals surface area contributed by atoms with Gasteiger partial charge in [-0.1, -0.05) is 29.8 Å². The summed E-state index contributed by atoms with van der Waals surface area (Å²) >= 11 is 6.17. The number of amides is 2. The lowest BCUT2D eigenvalue weighted by Gasteiger charge is -2.40. The number of aliphatic carboxylic acids is 1. The number of pyridine rings is 1. The molecular formula is C19H18ClN3O4. The molecule has 0 saturated carbocycles. The molecule has 0 spiro atoms. The van der Waals surface area contributed by atoms with Crippen molar-refractivity contribution in [3.05, 3.63) is 64.9 Å². The third-order valence-electron chi connectivity index (χ3n) is 4.44. The van der Waals surface area contributed by atoms with Gasteiger partial charge < -0.3 is 14.9 Å². The predicted octanol–water partition coefficient (Wildman–Crippen LogP) is 2.06. The number of rotatable bonds is 5. The van der Waals surface area contributed by atoms with Crippen LogP contribution >= 0.6 is 11.6 Å². The van der Waals surface area contributed by atoms with Crippen LogP contribution in [0.2, 0.25) is 5.02 Å². The number of hydrogen-bond donors (Lipinski definition) is 1.